The van der Waals surface area contributed by atoms with Gasteiger partial charge in [0, 0.05) is 24.2 Å². The molecule has 1 heterocycles. The van der Waals surface area contributed by atoms with Gasteiger partial charge in [-0.3, -0.25) is 4.99 Å². The Morgan fingerprint density at radius 1 is 1.28 bits per heavy atom. The quantitative estimate of drug-likeness (QED) is 0.360. The number of guanidine groups is 1. The van der Waals surface area contributed by atoms with E-state index in [4.69, 9.17) is 9.47 Å². The first-order valence-electron chi connectivity index (χ1n) is 7.91. The molecule has 25 heavy (non-hydrogen) atoms. The Hall–Kier alpha value is -1.55. The molecule has 0 amide bonds. The van der Waals surface area contributed by atoms with Gasteiger partial charge in [-0.15, -0.1) is 35.3 Å². The molecule has 1 aromatic heterocycles. The van der Waals surface area contributed by atoms with E-state index in [0.717, 1.165) is 22.8 Å². The van der Waals surface area contributed by atoms with Crippen molar-refractivity contribution in [3.8, 4) is 11.5 Å². The standard InChI is InChI=1S/C17H24N4O2S.HI/c1-5-16-20-13(11-24-16)10-19-17(18-3)21-12-7-8-14(22-4)15(9-12)23-6-2;/h7-9,11H,5-6,10H2,1-4H3,(H2,18,19,21);1H. The first-order chi connectivity index (χ1) is 11.7. The number of aromatic nitrogens is 1. The third-order valence-corrected chi connectivity index (χ3v) is 4.33. The van der Waals surface area contributed by atoms with Crippen LogP contribution in [0.25, 0.3) is 0 Å². The fraction of sp³-hybridized carbons (Fsp3) is 0.412. The van der Waals surface area contributed by atoms with Crippen molar-refractivity contribution in [2.24, 2.45) is 4.99 Å². The molecule has 1 aromatic carbocycles. The molecule has 0 saturated carbocycles. The van der Waals surface area contributed by atoms with E-state index in [1.165, 1.54) is 0 Å². The molecule has 8 heteroatoms. The average molecular weight is 476 g/mol. The van der Waals surface area contributed by atoms with Crippen LogP contribution in [0.4, 0.5) is 5.69 Å². The van der Waals surface area contributed by atoms with Crippen molar-refractivity contribution in [2.45, 2.75) is 26.8 Å². The highest BCUT2D eigenvalue weighted by Gasteiger charge is 2.07. The van der Waals surface area contributed by atoms with Crippen LogP contribution in [0.5, 0.6) is 11.5 Å². The summed E-state index contributed by atoms with van der Waals surface area (Å²) in [7, 11) is 3.37. The highest BCUT2D eigenvalue weighted by molar-refractivity contribution is 14.0. The number of thiazole rings is 1. The number of aryl methyl sites for hydroxylation is 1. The van der Waals surface area contributed by atoms with E-state index >= 15 is 0 Å². The van der Waals surface area contributed by atoms with Gasteiger partial charge in [-0.25, -0.2) is 4.98 Å². The van der Waals surface area contributed by atoms with E-state index in [2.05, 4.69) is 32.9 Å². The van der Waals surface area contributed by atoms with Gasteiger partial charge in [0.25, 0.3) is 0 Å². The summed E-state index contributed by atoms with van der Waals surface area (Å²) >= 11 is 1.68. The van der Waals surface area contributed by atoms with Crippen molar-refractivity contribution in [2.75, 3.05) is 26.1 Å². The number of rotatable bonds is 7. The molecule has 0 aliphatic carbocycles. The van der Waals surface area contributed by atoms with Crippen molar-refractivity contribution in [3.05, 3.63) is 34.3 Å². The van der Waals surface area contributed by atoms with E-state index in [1.54, 1.807) is 25.5 Å². The SMILES string of the molecule is CCOc1cc(NC(=NC)NCc2csc(CC)n2)ccc1OC.I. The van der Waals surface area contributed by atoms with E-state index in [-0.39, 0.29) is 24.0 Å². The summed E-state index contributed by atoms with van der Waals surface area (Å²) in [5.74, 6) is 2.08. The van der Waals surface area contributed by atoms with Crippen molar-refractivity contribution in [3.63, 3.8) is 0 Å². The molecule has 2 N–H and O–H groups in total. The predicted molar refractivity (Wildman–Crippen MR) is 115 cm³/mol. The highest BCUT2D eigenvalue weighted by atomic mass is 127. The van der Waals surface area contributed by atoms with Crippen LogP contribution in [0.3, 0.4) is 0 Å². The number of hydrogen-bond donors (Lipinski definition) is 2. The Morgan fingerprint density at radius 2 is 2.08 bits per heavy atom. The number of hydrogen-bond acceptors (Lipinski definition) is 5. The molecule has 2 aromatic rings. The zero-order valence-corrected chi connectivity index (χ0v) is 18.1. The van der Waals surface area contributed by atoms with Crippen LogP contribution in [0, 0.1) is 0 Å². The molecule has 2 rings (SSSR count). The number of ether oxygens (including phenoxy) is 2. The first kappa shape index (κ1) is 21.5. The summed E-state index contributed by atoms with van der Waals surface area (Å²) in [5.41, 5.74) is 1.89. The number of nitrogens with zero attached hydrogens (tertiary/aromatic N) is 2. The summed E-state index contributed by atoms with van der Waals surface area (Å²) < 4.78 is 10.9. The molecule has 0 saturated heterocycles. The lowest BCUT2D eigenvalue weighted by molar-refractivity contribution is 0.311. The Kier molecular flexibility index (Phi) is 9.58. The van der Waals surface area contributed by atoms with Crippen molar-refractivity contribution in [1.82, 2.24) is 10.3 Å². The van der Waals surface area contributed by atoms with Gasteiger partial charge in [-0.05, 0) is 25.5 Å². The van der Waals surface area contributed by atoms with Gasteiger partial charge in [0.05, 0.1) is 31.0 Å². The van der Waals surface area contributed by atoms with Gasteiger partial charge in [0.15, 0.2) is 17.5 Å². The number of aliphatic imine (C=N–C) groups is 1. The van der Waals surface area contributed by atoms with Crippen LogP contribution in [-0.4, -0.2) is 31.7 Å². The van der Waals surface area contributed by atoms with Gasteiger partial charge < -0.3 is 20.1 Å². The second kappa shape index (κ2) is 11.1. The molecule has 0 spiro atoms. The lowest BCUT2D eigenvalue weighted by atomic mass is 10.2. The van der Waals surface area contributed by atoms with Crippen LogP contribution in [0.15, 0.2) is 28.6 Å². The second-order valence-corrected chi connectivity index (χ2v) is 5.88. The largest absolute Gasteiger partial charge is 0.493 e. The van der Waals surface area contributed by atoms with Gasteiger partial charge in [-0.2, -0.15) is 0 Å². The first-order valence-corrected chi connectivity index (χ1v) is 8.79. The lowest BCUT2D eigenvalue weighted by Gasteiger charge is -2.14. The molecule has 0 unspecified atom stereocenters. The maximum absolute atomic E-state index is 5.59. The topological polar surface area (TPSA) is 67.8 Å². The molecule has 0 aliphatic heterocycles. The van der Waals surface area contributed by atoms with Crippen molar-refractivity contribution < 1.29 is 9.47 Å². The minimum absolute atomic E-state index is 0. The fourth-order valence-electron chi connectivity index (χ4n) is 2.11. The van der Waals surface area contributed by atoms with Crippen LogP contribution in [0.1, 0.15) is 24.5 Å². The average Bonchev–Trinajstić information content (AvgIpc) is 3.07. The summed E-state index contributed by atoms with van der Waals surface area (Å²) in [5, 5.41) is 9.73. The van der Waals surface area contributed by atoms with Gasteiger partial charge >= 0.3 is 0 Å². The van der Waals surface area contributed by atoms with E-state index in [1.807, 2.05) is 25.1 Å². The fourth-order valence-corrected chi connectivity index (χ4v) is 2.85. The van der Waals surface area contributed by atoms with E-state index in [9.17, 15) is 0 Å². The monoisotopic (exact) mass is 476 g/mol. The van der Waals surface area contributed by atoms with Crippen LogP contribution in [-0.2, 0) is 13.0 Å². The minimum Gasteiger partial charge on any atom is -0.493 e. The molecule has 138 valence electrons. The molecule has 0 aliphatic rings. The van der Waals surface area contributed by atoms with Crippen molar-refractivity contribution in [1.29, 1.82) is 0 Å². The Bertz CT molecular complexity index is 691. The number of anilines is 1. The highest BCUT2D eigenvalue weighted by Crippen LogP contribution is 2.30. The lowest BCUT2D eigenvalue weighted by Crippen LogP contribution is -2.30. The molecule has 0 bridgehead atoms. The van der Waals surface area contributed by atoms with Crippen molar-refractivity contribution >= 4 is 47.0 Å². The minimum atomic E-state index is 0. The predicted octanol–water partition coefficient (Wildman–Crippen LogP) is 3.92. The molecular formula is C17H25IN4O2S. The van der Waals surface area contributed by atoms with Gasteiger partial charge in [0.1, 0.15) is 0 Å². The Morgan fingerprint density at radius 3 is 2.68 bits per heavy atom. The summed E-state index contributed by atoms with van der Waals surface area (Å²) in [6.45, 7) is 5.26. The number of halogens is 1. The summed E-state index contributed by atoms with van der Waals surface area (Å²) in [4.78, 5) is 8.78. The molecule has 0 fully saturated rings. The smallest absolute Gasteiger partial charge is 0.195 e. The third kappa shape index (κ3) is 6.35. The van der Waals surface area contributed by atoms with Crippen LogP contribution in [0.2, 0.25) is 0 Å². The maximum atomic E-state index is 5.59. The summed E-state index contributed by atoms with van der Waals surface area (Å²) in [6, 6.07) is 5.69. The number of nitrogens with one attached hydrogen (secondary N) is 2. The van der Waals surface area contributed by atoms with Crippen LogP contribution < -0.4 is 20.1 Å². The zero-order chi connectivity index (χ0) is 17.4. The summed E-state index contributed by atoms with van der Waals surface area (Å²) in [6.07, 6.45) is 0.962. The zero-order valence-electron chi connectivity index (χ0n) is 15.0. The van der Waals surface area contributed by atoms with E-state index < -0.39 is 0 Å². The molecular weight excluding hydrogens is 451 g/mol. The number of methoxy groups -OCH3 is 1. The normalized spacial score (nSPS) is 10.8. The van der Waals surface area contributed by atoms with Crippen LogP contribution >= 0.6 is 35.3 Å². The Labute approximate surface area is 170 Å². The third-order valence-electron chi connectivity index (χ3n) is 3.29. The number of benzene rings is 1. The van der Waals surface area contributed by atoms with E-state index in [0.29, 0.717) is 30.6 Å². The molecule has 0 atom stereocenters. The van der Waals surface area contributed by atoms with Gasteiger partial charge in [-0.1, -0.05) is 6.92 Å². The van der Waals surface area contributed by atoms with Gasteiger partial charge in [0.2, 0.25) is 0 Å². The maximum Gasteiger partial charge on any atom is 0.195 e. The Balaban J connectivity index is 0.00000312. The molecule has 0 radical (unpaired) electrons. The second-order valence-electron chi connectivity index (χ2n) is 4.94. The molecule has 6 nitrogen and oxygen atoms in total.